The van der Waals surface area contributed by atoms with Crippen LogP contribution in [0, 0.1) is 0 Å². The lowest BCUT2D eigenvalue weighted by Gasteiger charge is -2.41. The van der Waals surface area contributed by atoms with Gasteiger partial charge in [0.1, 0.15) is 0 Å². The molecule has 0 fully saturated rings. The molecule has 0 bridgehead atoms. The third-order valence-electron chi connectivity index (χ3n) is 2.95. The van der Waals surface area contributed by atoms with E-state index in [0.29, 0.717) is 13.2 Å². The molecule has 6 nitrogen and oxygen atoms in total. The van der Waals surface area contributed by atoms with Gasteiger partial charge in [-0.05, 0) is 79.3 Å². The van der Waals surface area contributed by atoms with Gasteiger partial charge in [0.2, 0.25) is 0 Å². The fraction of sp³-hybridized carbons (Fsp3) is 1.00. The van der Waals surface area contributed by atoms with E-state index < -0.39 is 42.8 Å². The molecule has 0 aromatic rings. The van der Waals surface area contributed by atoms with E-state index in [9.17, 15) is 0 Å². The number of hydrogen-bond donors (Lipinski definition) is 0. The van der Waals surface area contributed by atoms with Crippen LogP contribution in [0.5, 0.6) is 0 Å². The van der Waals surface area contributed by atoms with E-state index >= 15 is 0 Å². The molecule has 0 radical (unpaired) electrons. The summed E-state index contributed by atoms with van der Waals surface area (Å²) in [7, 11) is -11.5. The molecule has 0 heterocycles. The first-order chi connectivity index (χ1) is 10.9. The normalized spacial score (nSPS) is 14.9. The zero-order chi connectivity index (χ0) is 20.2. The summed E-state index contributed by atoms with van der Waals surface area (Å²) >= 11 is 0. The molecule has 0 atom stereocenters. The summed E-state index contributed by atoms with van der Waals surface area (Å²) in [4.78, 5) is 0. The first-order valence-corrected chi connectivity index (χ1v) is 23.1. The van der Waals surface area contributed by atoms with Gasteiger partial charge in [0, 0.05) is 13.2 Å². The van der Waals surface area contributed by atoms with Crippen molar-refractivity contribution in [1.82, 2.24) is 0 Å². The van der Waals surface area contributed by atoms with Gasteiger partial charge in [0.25, 0.3) is 0 Å². The fourth-order valence-electron chi connectivity index (χ4n) is 3.18. The molecule has 11 heteroatoms. The highest BCUT2D eigenvalue weighted by molar-refractivity contribution is 6.89. The van der Waals surface area contributed by atoms with Crippen molar-refractivity contribution in [2.24, 2.45) is 0 Å². The average Bonchev–Trinajstić information content (AvgIpc) is 2.19. The van der Waals surface area contributed by atoms with Crippen molar-refractivity contribution < 1.29 is 25.3 Å². The van der Waals surface area contributed by atoms with Gasteiger partial charge < -0.3 is 25.3 Å². The Morgan fingerprint density at radius 2 is 0.600 bits per heavy atom. The second-order valence-electron chi connectivity index (χ2n) is 8.27. The van der Waals surface area contributed by atoms with E-state index in [4.69, 9.17) is 25.3 Å². The Bertz CT molecular complexity index is 379. The molecule has 0 aromatic heterocycles. The largest absolute Gasteiger partial charge is 0.416 e. The Balaban J connectivity index is 4.95. The molecule has 0 rings (SSSR count). The first-order valence-electron chi connectivity index (χ1n) is 9.03. The maximum atomic E-state index is 6.44. The summed E-state index contributed by atoms with van der Waals surface area (Å²) in [6.07, 6.45) is 0. The van der Waals surface area contributed by atoms with Gasteiger partial charge in [-0.15, -0.1) is 0 Å². The molecular weight excluding hydrogens is 405 g/mol. The summed E-state index contributed by atoms with van der Waals surface area (Å²) < 4.78 is 37.1. The Kier molecular flexibility index (Phi) is 9.68. The lowest BCUT2D eigenvalue weighted by atomic mass is 10.9. The van der Waals surface area contributed by atoms with E-state index in [2.05, 4.69) is 65.5 Å². The molecule has 0 saturated carbocycles. The molecule has 0 aliphatic carbocycles. The van der Waals surface area contributed by atoms with Gasteiger partial charge in [0.15, 0.2) is 0 Å². The summed E-state index contributed by atoms with van der Waals surface area (Å²) in [5, 5.41) is 0. The fourth-order valence-corrected chi connectivity index (χ4v) is 25.6. The highest BCUT2D eigenvalue weighted by atomic mass is 28.5. The van der Waals surface area contributed by atoms with Crippen LogP contribution >= 0.6 is 0 Å². The minimum atomic E-state index is -2.41. The molecule has 0 aromatic carbocycles. The second kappa shape index (κ2) is 9.36. The van der Waals surface area contributed by atoms with Gasteiger partial charge in [-0.1, -0.05) is 0 Å². The molecule has 0 spiro atoms. The van der Waals surface area contributed by atoms with Crippen molar-refractivity contribution in [3.8, 4) is 0 Å². The van der Waals surface area contributed by atoms with Crippen LogP contribution in [0.3, 0.4) is 0 Å². The van der Waals surface area contributed by atoms with Crippen molar-refractivity contribution in [3.05, 3.63) is 0 Å². The summed E-state index contributed by atoms with van der Waals surface area (Å²) in [5.41, 5.74) is 0. The van der Waals surface area contributed by atoms with Crippen molar-refractivity contribution in [2.75, 3.05) is 13.2 Å². The van der Waals surface area contributed by atoms with Crippen LogP contribution in [0.4, 0.5) is 0 Å². The summed E-state index contributed by atoms with van der Waals surface area (Å²) in [6, 6.07) is 0. The van der Waals surface area contributed by atoms with Crippen LogP contribution in [-0.2, 0) is 25.3 Å². The Labute approximate surface area is 160 Å². The molecule has 0 aliphatic heterocycles. The molecule has 0 unspecified atom stereocenters. The topological polar surface area (TPSA) is 55.4 Å². The lowest BCUT2D eigenvalue weighted by molar-refractivity contribution is 0.222. The standard InChI is InChI=1S/C14H40O6Si5/c1-13-15-21(3,4)17-23(7,8)19-25(11,12)20-24(9,10)18-22(5,6)16-14-2/h13-14H2,1-12H3. The van der Waals surface area contributed by atoms with Crippen LogP contribution in [0.15, 0.2) is 0 Å². The molecular formula is C14H40O6Si5. The summed E-state index contributed by atoms with van der Waals surface area (Å²) in [6.45, 7) is 25.9. The Hall–Kier alpha value is 0.844. The van der Waals surface area contributed by atoms with Crippen LogP contribution in [0.25, 0.3) is 0 Å². The lowest BCUT2D eigenvalue weighted by Crippen LogP contribution is -2.59. The zero-order valence-electron chi connectivity index (χ0n) is 18.4. The molecule has 0 aliphatic rings. The third kappa shape index (κ3) is 12.0. The molecule has 0 amide bonds. The van der Waals surface area contributed by atoms with E-state index in [1.807, 2.05) is 13.8 Å². The van der Waals surface area contributed by atoms with Crippen LogP contribution < -0.4 is 0 Å². The van der Waals surface area contributed by atoms with E-state index in [-0.39, 0.29) is 0 Å². The average molecular weight is 445 g/mol. The predicted octanol–water partition coefficient (Wildman–Crippen LogP) is 4.63. The smallest absolute Gasteiger partial charge is 0.322 e. The van der Waals surface area contributed by atoms with Gasteiger partial charge in [-0.25, -0.2) is 0 Å². The minimum absolute atomic E-state index is 0.659. The predicted molar refractivity (Wildman–Crippen MR) is 115 cm³/mol. The van der Waals surface area contributed by atoms with E-state index in [0.717, 1.165) is 0 Å². The molecule has 0 N–H and O–H groups in total. The second-order valence-corrected chi connectivity index (χ2v) is 26.1. The van der Waals surface area contributed by atoms with Crippen molar-refractivity contribution in [1.29, 1.82) is 0 Å². The van der Waals surface area contributed by atoms with Crippen LogP contribution in [0.1, 0.15) is 13.8 Å². The molecule has 152 valence electrons. The highest BCUT2D eigenvalue weighted by Crippen LogP contribution is 2.26. The molecule has 0 saturated heterocycles. The van der Waals surface area contributed by atoms with Crippen LogP contribution in [-0.4, -0.2) is 56.0 Å². The third-order valence-corrected chi connectivity index (χ3v) is 20.6. The van der Waals surface area contributed by atoms with Gasteiger partial charge in [-0.2, -0.15) is 0 Å². The molecule has 25 heavy (non-hydrogen) atoms. The van der Waals surface area contributed by atoms with Crippen molar-refractivity contribution in [2.45, 2.75) is 79.3 Å². The summed E-state index contributed by atoms with van der Waals surface area (Å²) in [5.74, 6) is 0. The maximum absolute atomic E-state index is 6.44. The van der Waals surface area contributed by atoms with E-state index in [1.165, 1.54) is 0 Å². The first kappa shape index (κ1) is 25.8. The monoisotopic (exact) mass is 444 g/mol. The highest BCUT2D eigenvalue weighted by Gasteiger charge is 2.46. The Morgan fingerprint density at radius 3 is 0.800 bits per heavy atom. The van der Waals surface area contributed by atoms with Gasteiger partial charge in [0.05, 0.1) is 0 Å². The maximum Gasteiger partial charge on any atom is 0.322 e. The van der Waals surface area contributed by atoms with Crippen LogP contribution in [0.2, 0.25) is 65.5 Å². The quantitative estimate of drug-likeness (QED) is 0.409. The van der Waals surface area contributed by atoms with Gasteiger partial charge >= 0.3 is 42.8 Å². The SMILES string of the molecule is CCO[Si](C)(C)O[Si](C)(C)O[Si](C)(C)O[Si](C)(C)O[Si](C)(C)OCC. The number of rotatable bonds is 12. The van der Waals surface area contributed by atoms with Crippen molar-refractivity contribution in [3.63, 3.8) is 0 Å². The number of hydrogen-bond acceptors (Lipinski definition) is 6. The van der Waals surface area contributed by atoms with Gasteiger partial charge in [-0.3, -0.25) is 0 Å². The zero-order valence-corrected chi connectivity index (χ0v) is 23.4. The Morgan fingerprint density at radius 1 is 0.400 bits per heavy atom. The van der Waals surface area contributed by atoms with Crippen molar-refractivity contribution >= 4 is 42.8 Å². The van der Waals surface area contributed by atoms with E-state index in [1.54, 1.807) is 0 Å². The minimum Gasteiger partial charge on any atom is -0.416 e.